The van der Waals surface area contributed by atoms with Gasteiger partial charge in [0, 0.05) is 0 Å². The average molecular weight is 417 g/mol. The molecule has 2 amide bonds. The molecule has 2 N–H and O–H groups in total. The number of esters is 1. The number of nitrogens with one attached hydrogen (secondary N) is 2. The van der Waals surface area contributed by atoms with Crippen molar-refractivity contribution in [1.29, 1.82) is 0 Å². The Bertz CT molecular complexity index is 919. The molecule has 0 saturated heterocycles. The van der Waals surface area contributed by atoms with E-state index in [0.29, 0.717) is 17.0 Å². The van der Waals surface area contributed by atoms with Gasteiger partial charge in [0.05, 0.1) is 29.9 Å². The summed E-state index contributed by atoms with van der Waals surface area (Å²) in [6, 6.07) is 6.56. The van der Waals surface area contributed by atoms with Gasteiger partial charge in [-0.05, 0) is 63.1 Å². The molecular weight excluding hydrogens is 394 g/mol. The van der Waals surface area contributed by atoms with E-state index in [1.54, 1.807) is 38.1 Å². The Morgan fingerprint density at radius 1 is 1.14 bits per heavy atom. The second-order valence-electron chi connectivity index (χ2n) is 5.86. The Morgan fingerprint density at radius 3 is 2.41 bits per heavy atom. The number of urea groups is 1. The van der Waals surface area contributed by atoms with E-state index in [1.807, 2.05) is 6.92 Å². The third-order valence-corrected chi connectivity index (χ3v) is 5.05. The molecule has 29 heavy (non-hydrogen) atoms. The Balaban J connectivity index is 2.08. The molecule has 8 nitrogen and oxygen atoms in total. The highest BCUT2D eigenvalue weighted by molar-refractivity contribution is 7.18. The molecule has 0 bridgehead atoms. The zero-order chi connectivity index (χ0) is 21.4. The smallest absolute Gasteiger partial charge is 0.341 e. The van der Waals surface area contributed by atoms with Gasteiger partial charge in [-0.15, -0.1) is 11.3 Å². The number of thiophene rings is 1. The highest BCUT2D eigenvalue weighted by atomic mass is 32.1. The summed E-state index contributed by atoms with van der Waals surface area (Å²) in [5.41, 5.74) is 3.76. The molecule has 2 aromatic rings. The van der Waals surface area contributed by atoms with Crippen LogP contribution in [0, 0.1) is 6.92 Å². The molecule has 2 rings (SSSR count). The number of carbonyl (C=O) groups excluding carboxylic acids is 3. The number of hydrazone groups is 1. The van der Waals surface area contributed by atoms with E-state index < -0.39 is 12.0 Å². The maximum Gasteiger partial charge on any atom is 0.341 e. The SMILES string of the molecule is CCOC(=O)c1c(NC(=O)NN=Cc2ccc(OCC)cc2)sc(C(C)=O)c1C. The Kier molecular flexibility index (Phi) is 7.90. The van der Waals surface area contributed by atoms with Gasteiger partial charge in [0.15, 0.2) is 5.78 Å². The number of hydrogen-bond donors (Lipinski definition) is 2. The van der Waals surface area contributed by atoms with E-state index in [2.05, 4.69) is 15.8 Å². The first-order valence-electron chi connectivity index (χ1n) is 9.01. The van der Waals surface area contributed by atoms with Crippen LogP contribution < -0.4 is 15.5 Å². The lowest BCUT2D eigenvalue weighted by Gasteiger charge is -2.06. The van der Waals surface area contributed by atoms with E-state index in [4.69, 9.17) is 9.47 Å². The Labute approximate surface area is 172 Å². The Hall–Kier alpha value is -3.20. The number of benzene rings is 1. The van der Waals surface area contributed by atoms with Crippen LogP contribution in [0.1, 0.15) is 51.9 Å². The van der Waals surface area contributed by atoms with Crippen molar-refractivity contribution in [2.75, 3.05) is 18.5 Å². The number of rotatable bonds is 8. The maximum absolute atomic E-state index is 12.2. The van der Waals surface area contributed by atoms with Gasteiger partial charge in [-0.1, -0.05) is 0 Å². The largest absolute Gasteiger partial charge is 0.494 e. The molecule has 9 heteroatoms. The molecule has 0 aliphatic rings. The summed E-state index contributed by atoms with van der Waals surface area (Å²) in [7, 11) is 0. The highest BCUT2D eigenvalue weighted by Crippen LogP contribution is 2.34. The van der Waals surface area contributed by atoms with Crippen molar-refractivity contribution in [3.63, 3.8) is 0 Å². The molecule has 0 unspecified atom stereocenters. The molecule has 1 aromatic heterocycles. The topological polar surface area (TPSA) is 106 Å². The normalized spacial score (nSPS) is 10.6. The number of Topliss-reactive ketones (excluding diaryl/α,β-unsaturated/α-hetero) is 1. The lowest BCUT2D eigenvalue weighted by atomic mass is 10.1. The molecule has 0 saturated carbocycles. The number of amides is 2. The summed E-state index contributed by atoms with van der Waals surface area (Å²) in [6.07, 6.45) is 1.47. The minimum atomic E-state index is -0.644. The van der Waals surface area contributed by atoms with E-state index >= 15 is 0 Å². The number of anilines is 1. The summed E-state index contributed by atoms with van der Waals surface area (Å²) in [5, 5.41) is 6.68. The van der Waals surface area contributed by atoms with Crippen molar-refractivity contribution in [2.24, 2.45) is 5.10 Å². The van der Waals surface area contributed by atoms with Crippen LogP contribution in [0.25, 0.3) is 0 Å². The third kappa shape index (κ3) is 5.89. The summed E-state index contributed by atoms with van der Waals surface area (Å²) in [4.78, 5) is 36.6. The molecule has 1 aromatic carbocycles. The van der Waals surface area contributed by atoms with E-state index in [1.165, 1.54) is 13.1 Å². The molecule has 0 aliphatic heterocycles. The van der Waals surface area contributed by atoms with Crippen LogP contribution in [0.3, 0.4) is 0 Å². The van der Waals surface area contributed by atoms with Gasteiger partial charge < -0.3 is 9.47 Å². The Morgan fingerprint density at radius 2 is 1.83 bits per heavy atom. The van der Waals surface area contributed by atoms with Gasteiger partial charge >= 0.3 is 12.0 Å². The molecule has 0 atom stereocenters. The van der Waals surface area contributed by atoms with E-state index in [0.717, 1.165) is 22.6 Å². The van der Waals surface area contributed by atoms with Crippen molar-refractivity contribution in [3.8, 4) is 5.75 Å². The second kappa shape index (κ2) is 10.4. The van der Waals surface area contributed by atoms with Gasteiger partial charge in [-0.2, -0.15) is 5.10 Å². The number of nitrogens with zero attached hydrogens (tertiary/aromatic N) is 1. The van der Waals surface area contributed by atoms with E-state index in [9.17, 15) is 14.4 Å². The summed E-state index contributed by atoms with van der Waals surface area (Å²) in [5.74, 6) is -0.0434. The van der Waals surface area contributed by atoms with Gasteiger partial charge in [0.2, 0.25) is 0 Å². The maximum atomic E-state index is 12.2. The van der Waals surface area contributed by atoms with Crippen LogP contribution in [0.15, 0.2) is 29.4 Å². The standard InChI is InChI=1S/C20H23N3O5S/c1-5-27-15-9-7-14(8-10-15)11-21-23-20(26)22-18-16(19(25)28-6-2)12(3)17(29-18)13(4)24/h7-11H,5-6H2,1-4H3,(H2,22,23,26). The van der Waals surface area contributed by atoms with Gasteiger partial charge in [0.1, 0.15) is 10.8 Å². The first-order valence-corrected chi connectivity index (χ1v) is 9.83. The number of ether oxygens (including phenoxy) is 2. The van der Waals surface area contributed by atoms with Crippen LogP contribution in [-0.4, -0.2) is 37.2 Å². The zero-order valence-corrected chi connectivity index (χ0v) is 17.5. The summed E-state index contributed by atoms with van der Waals surface area (Å²) >= 11 is 1.02. The van der Waals surface area contributed by atoms with Gasteiger partial charge in [0.25, 0.3) is 0 Å². The molecular formula is C20H23N3O5S. The molecule has 0 fully saturated rings. The van der Waals surface area contributed by atoms with Crippen LogP contribution in [0.5, 0.6) is 5.75 Å². The fraction of sp³-hybridized carbons (Fsp3) is 0.300. The fourth-order valence-corrected chi connectivity index (χ4v) is 3.58. The van der Waals surface area contributed by atoms with E-state index in [-0.39, 0.29) is 23.0 Å². The van der Waals surface area contributed by atoms with Crippen LogP contribution in [-0.2, 0) is 4.74 Å². The molecule has 0 aliphatic carbocycles. The lowest BCUT2D eigenvalue weighted by molar-refractivity contribution is 0.0527. The van der Waals surface area contributed by atoms with Crippen LogP contribution >= 0.6 is 11.3 Å². The van der Waals surface area contributed by atoms with Crippen LogP contribution in [0.4, 0.5) is 9.80 Å². The zero-order valence-electron chi connectivity index (χ0n) is 16.7. The molecule has 1 heterocycles. The monoisotopic (exact) mass is 417 g/mol. The molecule has 154 valence electrons. The fourth-order valence-electron chi connectivity index (χ4n) is 2.50. The molecule has 0 radical (unpaired) electrons. The minimum Gasteiger partial charge on any atom is -0.494 e. The van der Waals surface area contributed by atoms with Crippen molar-refractivity contribution in [2.45, 2.75) is 27.7 Å². The van der Waals surface area contributed by atoms with Crippen molar-refractivity contribution < 1.29 is 23.9 Å². The quantitative estimate of drug-likeness (QED) is 0.292. The van der Waals surface area contributed by atoms with Crippen molar-refractivity contribution >= 4 is 40.3 Å². The first kappa shape index (κ1) is 22.1. The van der Waals surface area contributed by atoms with Crippen LogP contribution in [0.2, 0.25) is 0 Å². The number of carbonyl (C=O) groups is 3. The lowest BCUT2D eigenvalue weighted by Crippen LogP contribution is -2.24. The average Bonchev–Trinajstić information content (AvgIpc) is 3.00. The van der Waals surface area contributed by atoms with Crippen molar-refractivity contribution in [3.05, 3.63) is 45.8 Å². The predicted octanol–water partition coefficient (Wildman–Crippen LogP) is 3.99. The number of ketones is 1. The highest BCUT2D eigenvalue weighted by Gasteiger charge is 2.25. The minimum absolute atomic E-state index is 0.174. The predicted molar refractivity (Wildman–Crippen MR) is 112 cm³/mol. The first-order chi connectivity index (χ1) is 13.9. The third-order valence-electron chi connectivity index (χ3n) is 3.74. The summed E-state index contributed by atoms with van der Waals surface area (Å²) < 4.78 is 10.4. The van der Waals surface area contributed by atoms with Gasteiger partial charge in [-0.3, -0.25) is 10.1 Å². The number of hydrogen-bond acceptors (Lipinski definition) is 7. The second-order valence-corrected chi connectivity index (χ2v) is 6.88. The molecule has 0 spiro atoms. The van der Waals surface area contributed by atoms with Gasteiger partial charge in [-0.25, -0.2) is 15.0 Å². The summed E-state index contributed by atoms with van der Waals surface area (Å²) in [6.45, 7) is 7.39. The van der Waals surface area contributed by atoms with Crippen molar-refractivity contribution in [1.82, 2.24) is 5.43 Å².